The van der Waals surface area contributed by atoms with Crippen LogP contribution in [0.25, 0.3) is 5.76 Å². The van der Waals surface area contributed by atoms with Crippen molar-refractivity contribution in [3.63, 3.8) is 0 Å². The van der Waals surface area contributed by atoms with E-state index in [1.165, 1.54) is 7.11 Å². The average molecular weight is 481 g/mol. The molecule has 0 aliphatic carbocycles. The number of methoxy groups -OCH3 is 2. The molecular formula is C27H32N2O6. The standard InChI is InChI=1S/C27H32N2O6/c1-18-5-7-19(8-6-18)25(30)23-24(21-17-20(33-2)9-10-22(21)34-3)29(27(32)26(23)31)12-4-11-28-13-15-35-16-14-28/h5-10,17,24,30H,4,11-16H2,1-3H3/t24-/m0/s1. The number of hydrogen-bond acceptors (Lipinski definition) is 7. The molecule has 2 aliphatic rings. The minimum absolute atomic E-state index is 0.0526. The maximum Gasteiger partial charge on any atom is 0.295 e. The highest BCUT2D eigenvalue weighted by atomic mass is 16.5. The van der Waals surface area contributed by atoms with E-state index >= 15 is 0 Å². The number of rotatable bonds is 8. The fourth-order valence-corrected chi connectivity index (χ4v) is 4.64. The van der Waals surface area contributed by atoms with Gasteiger partial charge in [-0.3, -0.25) is 14.5 Å². The fourth-order valence-electron chi connectivity index (χ4n) is 4.64. The lowest BCUT2D eigenvalue weighted by atomic mass is 9.94. The number of likely N-dealkylation sites (tertiary alicyclic amines) is 1. The number of Topliss-reactive ketones (excluding diaryl/α,β-unsaturated/α-hetero) is 1. The third-order valence-corrected chi connectivity index (χ3v) is 6.57. The Balaban J connectivity index is 1.75. The van der Waals surface area contributed by atoms with Crippen LogP contribution in [-0.2, 0) is 14.3 Å². The summed E-state index contributed by atoms with van der Waals surface area (Å²) in [5.74, 6) is -0.463. The van der Waals surface area contributed by atoms with Crippen molar-refractivity contribution in [1.82, 2.24) is 9.80 Å². The molecule has 1 amide bonds. The predicted octanol–water partition coefficient (Wildman–Crippen LogP) is 3.16. The van der Waals surface area contributed by atoms with Gasteiger partial charge in [-0.2, -0.15) is 0 Å². The molecule has 0 saturated carbocycles. The molecule has 0 bridgehead atoms. The van der Waals surface area contributed by atoms with Crippen molar-refractivity contribution in [2.24, 2.45) is 0 Å². The van der Waals surface area contributed by atoms with E-state index in [1.54, 1.807) is 42.3 Å². The van der Waals surface area contributed by atoms with E-state index < -0.39 is 17.7 Å². The van der Waals surface area contributed by atoms with Gasteiger partial charge >= 0.3 is 0 Å². The van der Waals surface area contributed by atoms with Crippen LogP contribution in [0.3, 0.4) is 0 Å². The van der Waals surface area contributed by atoms with Gasteiger partial charge < -0.3 is 24.2 Å². The van der Waals surface area contributed by atoms with E-state index in [1.807, 2.05) is 19.1 Å². The van der Waals surface area contributed by atoms with Crippen LogP contribution in [0, 0.1) is 6.92 Å². The largest absolute Gasteiger partial charge is 0.507 e. The van der Waals surface area contributed by atoms with Crippen LogP contribution in [0.4, 0.5) is 0 Å². The van der Waals surface area contributed by atoms with Crippen LogP contribution in [0.1, 0.15) is 29.2 Å². The zero-order valence-corrected chi connectivity index (χ0v) is 20.5. The van der Waals surface area contributed by atoms with Gasteiger partial charge in [0.05, 0.1) is 39.0 Å². The molecule has 2 fully saturated rings. The quantitative estimate of drug-likeness (QED) is 0.353. The number of hydrogen-bond donors (Lipinski definition) is 1. The van der Waals surface area contributed by atoms with E-state index in [0.29, 0.717) is 48.8 Å². The van der Waals surface area contributed by atoms with Crippen molar-refractivity contribution in [3.05, 3.63) is 64.7 Å². The minimum atomic E-state index is -0.800. The van der Waals surface area contributed by atoms with Gasteiger partial charge in [0.2, 0.25) is 0 Å². The smallest absolute Gasteiger partial charge is 0.295 e. The van der Waals surface area contributed by atoms with Crippen molar-refractivity contribution >= 4 is 17.4 Å². The molecule has 2 aliphatic heterocycles. The molecule has 2 aromatic carbocycles. The molecule has 0 radical (unpaired) electrons. The van der Waals surface area contributed by atoms with E-state index in [2.05, 4.69) is 4.90 Å². The highest BCUT2D eigenvalue weighted by Gasteiger charge is 2.47. The monoisotopic (exact) mass is 480 g/mol. The first-order chi connectivity index (χ1) is 16.9. The number of aliphatic hydroxyl groups is 1. The number of amides is 1. The number of carbonyl (C=O) groups is 2. The fraction of sp³-hybridized carbons (Fsp3) is 0.407. The number of ether oxygens (including phenoxy) is 3. The second kappa shape index (κ2) is 10.9. The lowest BCUT2D eigenvalue weighted by Gasteiger charge is -2.29. The molecule has 0 unspecified atom stereocenters. The topological polar surface area (TPSA) is 88.5 Å². The third-order valence-electron chi connectivity index (χ3n) is 6.57. The van der Waals surface area contributed by atoms with Crippen molar-refractivity contribution in [2.45, 2.75) is 19.4 Å². The SMILES string of the molecule is COc1ccc(OC)c([C@H]2C(=C(O)c3ccc(C)cc3)C(=O)C(=O)N2CCCN2CCOCC2)c1. The molecule has 2 saturated heterocycles. The van der Waals surface area contributed by atoms with E-state index in [9.17, 15) is 14.7 Å². The summed E-state index contributed by atoms with van der Waals surface area (Å²) in [5, 5.41) is 11.3. The zero-order chi connectivity index (χ0) is 24.9. The molecule has 1 atom stereocenters. The van der Waals surface area contributed by atoms with Gasteiger partial charge in [0.1, 0.15) is 17.3 Å². The van der Waals surface area contributed by atoms with Gasteiger partial charge in [0.15, 0.2) is 0 Å². The zero-order valence-electron chi connectivity index (χ0n) is 20.5. The first-order valence-electron chi connectivity index (χ1n) is 11.8. The van der Waals surface area contributed by atoms with Crippen molar-refractivity contribution in [1.29, 1.82) is 0 Å². The van der Waals surface area contributed by atoms with Crippen LogP contribution in [0.5, 0.6) is 11.5 Å². The van der Waals surface area contributed by atoms with Gasteiger partial charge in [-0.05, 0) is 31.5 Å². The van der Waals surface area contributed by atoms with Crippen LogP contribution in [0.2, 0.25) is 0 Å². The Morgan fingerprint density at radius 1 is 1.03 bits per heavy atom. The van der Waals surface area contributed by atoms with Crippen molar-refractivity contribution in [3.8, 4) is 11.5 Å². The van der Waals surface area contributed by atoms with E-state index in [0.717, 1.165) is 25.2 Å². The molecule has 2 aromatic rings. The van der Waals surface area contributed by atoms with Gasteiger partial charge in [0.25, 0.3) is 11.7 Å². The maximum absolute atomic E-state index is 13.3. The highest BCUT2D eigenvalue weighted by molar-refractivity contribution is 6.46. The number of aliphatic hydroxyl groups excluding tert-OH is 1. The van der Waals surface area contributed by atoms with Crippen molar-refractivity contribution < 1.29 is 28.9 Å². The van der Waals surface area contributed by atoms with Gasteiger partial charge in [0, 0.05) is 37.3 Å². The lowest BCUT2D eigenvalue weighted by molar-refractivity contribution is -0.140. The second-order valence-corrected chi connectivity index (χ2v) is 8.77. The van der Waals surface area contributed by atoms with Crippen LogP contribution in [0.15, 0.2) is 48.0 Å². The van der Waals surface area contributed by atoms with Crippen LogP contribution >= 0.6 is 0 Å². The Hall–Kier alpha value is -3.36. The minimum Gasteiger partial charge on any atom is -0.507 e. The summed E-state index contributed by atoms with van der Waals surface area (Å²) in [6, 6.07) is 11.7. The Labute approximate surface area is 205 Å². The molecule has 4 rings (SSSR count). The molecule has 8 nitrogen and oxygen atoms in total. The summed E-state index contributed by atoms with van der Waals surface area (Å²) in [6.45, 7) is 6.17. The molecule has 8 heteroatoms. The molecule has 0 aromatic heterocycles. The van der Waals surface area contributed by atoms with Crippen LogP contribution in [-0.4, -0.2) is 80.2 Å². The molecule has 2 heterocycles. The Morgan fingerprint density at radius 2 is 1.74 bits per heavy atom. The van der Waals surface area contributed by atoms with Gasteiger partial charge in [-0.1, -0.05) is 29.8 Å². The summed E-state index contributed by atoms with van der Waals surface area (Å²) in [4.78, 5) is 30.4. The molecule has 186 valence electrons. The lowest BCUT2D eigenvalue weighted by Crippen LogP contribution is -2.39. The summed E-state index contributed by atoms with van der Waals surface area (Å²) < 4.78 is 16.4. The third kappa shape index (κ3) is 5.18. The number of carbonyl (C=O) groups excluding carboxylic acids is 2. The highest BCUT2D eigenvalue weighted by Crippen LogP contribution is 2.43. The van der Waals surface area contributed by atoms with Gasteiger partial charge in [-0.15, -0.1) is 0 Å². The Kier molecular flexibility index (Phi) is 7.73. The average Bonchev–Trinajstić information content (AvgIpc) is 3.14. The number of ketones is 1. The summed E-state index contributed by atoms with van der Waals surface area (Å²) in [5.41, 5.74) is 2.15. The number of aryl methyl sites for hydroxylation is 1. The number of nitrogens with zero attached hydrogens (tertiary/aromatic N) is 2. The second-order valence-electron chi connectivity index (χ2n) is 8.77. The number of morpholine rings is 1. The van der Waals surface area contributed by atoms with E-state index in [-0.39, 0.29) is 11.3 Å². The predicted molar refractivity (Wildman–Crippen MR) is 132 cm³/mol. The molecule has 35 heavy (non-hydrogen) atoms. The summed E-state index contributed by atoms with van der Waals surface area (Å²) in [6.07, 6.45) is 0.681. The first-order valence-corrected chi connectivity index (χ1v) is 11.8. The van der Waals surface area contributed by atoms with E-state index in [4.69, 9.17) is 14.2 Å². The van der Waals surface area contributed by atoms with Crippen LogP contribution < -0.4 is 9.47 Å². The Morgan fingerprint density at radius 3 is 2.40 bits per heavy atom. The summed E-state index contributed by atoms with van der Waals surface area (Å²) in [7, 11) is 3.09. The summed E-state index contributed by atoms with van der Waals surface area (Å²) >= 11 is 0. The maximum atomic E-state index is 13.3. The normalized spacial score (nSPS) is 20.3. The molecular weight excluding hydrogens is 448 g/mol. The molecule has 1 N–H and O–H groups in total. The molecule has 0 spiro atoms. The van der Waals surface area contributed by atoms with Crippen molar-refractivity contribution in [2.75, 3.05) is 53.6 Å². The Bertz CT molecular complexity index is 1110. The first kappa shape index (κ1) is 24.8. The van der Waals surface area contributed by atoms with Gasteiger partial charge in [-0.25, -0.2) is 0 Å². The number of benzene rings is 2.